The molecule has 0 atom stereocenters. The second-order valence-electron chi connectivity index (χ2n) is 5.21. The van der Waals surface area contributed by atoms with Gasteiger partial charge in [0.15, 0.2) is 0 Å². The van der Waals surface area contributed by atoms with Gasteiger partial charge >= 0.3 is 0 Å². The highest BCUT2D eigenvalue weighted by Crippen LogP contribution is 2.36. The number of fused-ring (bicyclic) bond motifs is 1. The first-order chi connectivity index (χ1) is 11.0. The quantitative estimate of drug-likeness (QED) is 0.659. The number of rotatable bonds is 4. The Morgan fingerprint density at radius 3 is 2.17 bits per heavy atom. The van der Waals surface area contributed by atoms with Crippen LogP contribution in [0.1, 0.15) is 11.1 Å². The molecule has 0 aromatic heterocycles. The molecule has 0 amide bonds. The third kappa shape index (κ3) is 3.19. The van der Waals surface area contributed by atoms with Gasteiger partial charge in [-0.05, 0) is 11.6 Å². The summed E-state index contributed by atoms with van der Waals surface area (Å²) in [5.74, 6) is 0.675. The van der Waals surface area contributed by atoms with E-state index in [0.29, 0.717) is 17.6 Å². The molecule has 5 heteroatoms. The maximum absolute atomic E-state index is 12.0. The van der Waals surface area contributed by atoms with Gasteiger partial charge in [-0.15, -0.1) is 0 Å². The molecule has 0 aliphatic heterocycles. The molecule has 0 N–H and O–H groups in total. The van der Waals surface area contributed by atoms with Crippen molar-refractivity contribution in [2.45, 2.75) is 11.3 Å². The Bertz CT molecular complexity index is 951. The molecule has 3 rings (SSSR count). The van der Waals surface area contributed by atoms with Crippen molar-refractivity contribution in [2.75, 3.05) is 7.11 Å². The molecule has 3 nitrogen and oxygen atoms in total. The molecule has 0 spiro atoms. The summed E-state index contributed by atoms with van der Waals surface area (Å²) in [5.41, 5.74) is 1.86. The van der Waals surface area contributed by atoms with E-state index in [-0.39, 0.29) is 4.90 Å². The SMILES string of the molecule is COc1c(Cc2ccccc2)cc(S(=O)(=O)Cl)c2ccccc12. The van der Waals surface area contributed by atoms with E-state index in [2.05, 4.69) is 0 Å². The minimum absolute atomic E-state index is 0.112. The van der Waals surface area contributed by atoms with Crippen LogP contribution in [-0.4, -0.2) is 15.5 Å². The van der Waals surface area contributed by atoms with Crippen molar-refractivity contribution < 1.29 is 13.2 Å². The molecule has 0 aliphatic rings. The van der Waals surface area contributed by atoms with Crippen LogP contribution in [-0.2, 0) is 15.5 Å². The van der Waals surface area contributed by atoms with Gasteiger partial charge in [-0.3, -0.25) is 0 Å². The Labute approximate surface area is 139 Å². The third-order valence-electron chi connectivity index (χ3n) is 3.74. The normalized spacial score (nSPS) is 11.6. The van der Waals surface area contributed by atoms with Crippen molar-refractivity contribution in [1.29, 1.82) is 0 Å². The van der Waals surface area contributed by atoms with Crippen LogP contribution in [0.2, 0.25) is 0 Å². The van der Waals surface area contributed by atoms with E-state index in [1.165, 1.54) is 0 Å². The van der Waals surface area contributed by atoms with E-state index >= 15 is 0 Å². The Morgan fingerprint density at radius 2 is 1.57 bits per heavy atom. The van der Waals surface area contributed by atoms with Gasteiger partial charge in [-0.1, -0.05) is 54.6 Å². The van der Waals surface area contributed by atoms with Crippen LogP contribution in [0.3, 0.4) is 0 Å². The lowest BCUT2D eigenvalue weighted by Gasteiger charge is -2.14. The van der Waals surface area contributed by atoms with Gasteiger partial charge in [0.05, 0.1) is 12.0 Å². The maximum Gasteiger partial charge on any atom is 0.261 e. The van der Waals surface area contributed by atoms with E-state index in [0.717, 1.165) is 16.5 Å². The second-order valence-corrected chi connectivity index (χ2v) is 7.75. The number of halogens is 1. The van der Waals surface area contributed by atoms with Crippen molar-refractivity contribution in [3.63, 3.8) is 0 Å². The first kappa shape index (κ1) is 15.8. The predicted octanol–water partition coefficient (Wildman–Crippen LogP) is 4.37. The minimum atomic E-state index is -3.85. The topological polar surface area (TPSA) is 43.4 Å². The molecule has 0 saturated heterocycles. The summed E-state index contributed by atoms with van der Waals surface area (Å²) >= 11 is 0. The predicted molar refractivity (Wildman–Crippen MR) is 92.8 cm³/mol. The molecule has 0 saturated carbocycles. The summed E-state index contributed by atoms with van der Waals surface area (Å²) < 4.78 is 29.5. The van der Waals surface area contributed by atoms with E-state index in [4.69, 9.17) is 15.4 Å². The highest BCUT2D eigenvalue weighted by molar-refractivity contribution is 8.14. The van der Waals surface area contributed by atoms with E-state index < -0.39 is 9.05 Å². The van der Waals surface area contributed by atoms with E-state index in [1.807, 2.05) is 42.5 Å². The first-order valence-corrected chi connectivity index (χ1v) is 9.39. The van der Waals surface area contributed by atoms with E-state index in [1.54, 1.807) is 25.3 Å². The summed E-state index contributed by atoms with van der Waals surface area (Å²) in [4.78, 5) is 0.112. The molecule has 0 radical (unpaired) electrons. The molecule has 0 bridgehead atoms. The average Bonchev–Trinajstić information content (AvgIpc) is 2.54. The fraction of sp³-hybridized carbons (Fsp3) is 0.111. The zero-order valence-electron chi connectivity index (χ0n) is 12.5. The number of methoxy groups -OCH3 is 1. The van der Waals surface area contributed by atoms with Gasteiger partial charge in [-0.25, -0.2) is 8.42 Å². The molecule has 3 aromatic carbocycles. The van der Waals surface area contributed by atoms with Gasteiger partial charge < -0.3 is 4.74 Å². The van der Waals surface area contributed by atoms with Crippen LogP contribution in [0, 0.1) is 0 Å². The van der Waals surface area contributed by atoms with Gasteiger partial charge in [0.2, 0.25) is 0 Å². The summed E-state index contributed by atoms with van der Waals surface area (Å²) in [6, 6.07) is 18.6. The van der Waals surface area contributed by atoms with Crippen molar-refractivity contribution in [3.8, 4) is 5.75 Å². The minimum Gasteiger partial charge on any atom is -0.496 e. The highest BCUT2D eigenvalue weighted by atomic mass is 35.7. The number of hydrogen-bond acceptors (Lipinski definition) is 3. The largest absolute Gasteiger partial charge is 0.496 e. The number of benzene rings is 3. The van der Waals surface area contributed by atoms with Crippen LogP contribution >= 0.6 is 10.7 Å². The highest BCUT2D eigenvalue weighted by Gasteiger charge is 2.20. The molecule has 0 fully saturated rings. The molecular weight excluding hydrogens is 332 g/mol. The fourth-order valence-electron chi connectivity index (χ4n) is 2.76. The average molecular weight is 347 g/mol. The molecule has 0 heterocycles. The van der Waals surface area contributed by atoms with Crippen LogP contribution in [0.5, 0.6) is 5.75 Å². The van der Waals surface area contributed by atoms with E-state index in [9.17, 15) is 8.42 Å². The molecule has 23 heavy (non-hydrogen) atoms. The van der Waals surface area contributed by atoms with Crippen LogP contribution in [0.15, 0.2) is 65.6 Å². The molecular formula is C18H15ClO3S. The molecule has 0 unspecified atom stereocenters. The van der Waals surface area contributed by atoms with Crippen LogP contribution < -0.4 is 4.74 Å². The lowest BCUT2D eigenvalue weighted by molar-refractivity contribution is 0.415. The number of ether oxygens (including phenoxy) is 1. The van der Waals surface area contributed by atoms with Gasteiger partial charge in [0, 0.05) is 33.4 Å². The Hall–Kier alpha value is -2.04. The van der Waals surface area contributed by atoms with Crippen LogP contribution in [0.4, 0.5) is 0 Å². The smallest absolute Gasteiger partial charge is 0.261 e. The molecule has 118 valence electrons. The van der Waals surface area contributed by atoms with Crippen molar-refractivity contribution in [3.05, 3.63) is 71.8 Å². The molecule has 0 aliphatic carbocycles. The van der Waals surface area contributed by atoms with Crippen LogP contribution in [0.25, 0.3) is 10.8 Å². The monoisotopic (exact) mass is 346 g/mol. The summed E-state index contributed by atoms with van der Waals surface area (Å²) in [7, 11) is 3.38. The molecule has 3 aromatic rings. The van der Waals surface area contributed by atoms with Gasteiger partial charge in [-0.2, -0.15) is 0 Å². The standard InChI is InChI=1S/C18H15ClO3S/c1-22-18-14(11-13-7-3-2-4-8-13)12-17(23(19,20)21)15-9-5-6-10-16(15)18/h2-10,12H,11H2,1H3. The van der Waals surface area contributed by atoms with Crippen molar-refractivity contribution >= 4 is 30.5 Å². The number of hydrogen-bond donors (Lipinski definition) is 0. The first-order valence-electron chi connectivity index (χ1n) is 7.08. The summed E-state index contributed by atoms with van der Waals surface area (Å²) in [5, 5.41) is 1.30. The lowest BCUT2D eigenvalue weighted by atomic mass is 9.99. The van der Waals surface area contributed by atoms with Gasteiger partial charge in [0.1, 0.15) is 5.75 Å². The summed E-state index contributed by atoms with van der Waals surface area (Å²) in [6.07, 6.45) is 0.564. The lowest BCUT2D eigenvalue weighted by Crippen LogP contribution is -2.00. The maximum atomic E-state index is 12.0. The van der Waals surface area contributed by atoms with Crippen molar-refractivity contribution in [2.24, 2.45) is 0 Å². The zero-order chi connectivity index (χ0) is 16.4. The Morgan fingerprint density at radius 1 is 0.957 bits per heavy atom. The second kappa shape index (κ2) is 6.22. The third-order valence-corrected chi connectivity index (χ3v) is 5.10. The van der Waals surface area contributed by atoms with Gasteiger partial charge in [0.25, 0.3) is 9.05 Å². The summed E-state index contributed by atoms with van der Waals surface area (Å²) in [6.45, 7) is 0. The Balaban J connectivity index is 2.29. The fourth-order valence-corrected chi connectivity index (χ4v) is 3.87. The van der Waals surface area contributed by atoms with Crippen molar-refractivity contribution in [1.82, 2.24) is 0 Å². The zero-order valence-corrected chi connectivity index (χ0v) is 14.1. The Kier molecular flexibility index (Phi) is 4.28.